The normalized spacial score (nSPS) is 10.8. The van der Waals surface area contributed by atoms with E-state index in [2.05, 4.69) is 0 Å². The van der Waals surface area contributed by atoms with Gasteiger partial charge in [0, 0.05) is 41.5 Å². The van der Waals surface area contributed by atoms with Crippen molar-refractivity contribution >= 4 is 21.9 Å². The maximum Gasteiger partial charge on any atom is 0.238 e. The lowest BCUT2D eigenvalue weighted by Gasteiger charge is -2.08. The van der Waals surface area contributed by atoms with Crippen molar-refractivity contribution < 1.29 is 49.3 Å². The average molecular weight is 587 g/mol. The highest BCUT2D eigenvalue weighted by Gasteiger charge is 2.19. The summed E-state index contributed by atoms with van der Waals surface area (Å²) in [6.45, 7) is 0. The van der Waals surface area contributed by atoms with Crippen LogP contribution in [0.25, 0.3) is 44.6 Å². The van der Waals surface area contributed by atoms with Gasteiger partial charge in [-0.2, -0.15) is 0 Å². The van der Waals surface area contributed by atoms with E-state index in [0.29, 0.717) is 17.1 Å². The van der Waals surface area contributed by atoms with Gasteiger partial charge in [0.25, 0.3) is 0 Å². The van der Waals surface area contributed by atoms with E-state index in [4.69, 9.17) is 13.6 Å². The number of hydrogen-bond acceptors (Lipinski definition) is 12. The lowest BCUT2D eigenvalue weighted by Crippen LogP contribution is -2.02. The molecule has 0 aliphatic heterocycles. The molecule has 0 saturated carbocycles. The highest BCUT2D eigenvalue weighted by atomic mass is 16.5. The first-order chi connectivity index (χ1) is 20.5. The van der Waals surface area contributed by atoms with Crippen LogP contribution >= 0.6 is 0 Å². The third-order valence-corrected chi connectivity index (χ3v) is 6.34. The monoisotopic (exact) mass is 586 g/mol. The van der Waals surface area contributed by atoms with Crippen LogP contribution in [-0.4, -0.2) is 42.9 Å². The molecule has 12 heteroatoms. The lowest BCUT2D eigenvalue weighted by atomic mass is 10.1. The Morgan fingerprint density at radius 3 is 1.77 bits per heavy atom. The molecule has 6 rings (SSSR count). The number of fused-ring (bicyclic) bond motifs is 2. The maximum absolute atomic E-state index is 12.1. The highest BCUT2D eigenvalue weighted by molar-refractivity contribution is 5.88. The van der Waals surface area contributed by atoms with Crippen molar-refractivity contribution in [3.63, 3.8) is 0 Å². The minimum absolute atomic E-state index is 0.0464. The van der Waals surface area contributed by atoms with E-state index in [-0.39, 0.29) is 61.7 Å². The van der Waals surface area contributed by atoms with Gasteiger partial charge in [-0.1, -0.05) is 0 Å². The molecule has 0 amide bonds. The number of hydrogen-bond donors (Lipinski definition) is 7. The molecule has 43 heavy (non-hydrogen) atoms. The van der Waals surface area contributed by atoms with Crippen molar-refractivity contribution in [3.8, 4) is 68.6 Å². The molecule has 0 fully saturated rings. The Hall–Kier alpha value is -6.30. The molecule has 12 nitrogen and oxygen atoms in total. The van der Waals surface area contributed by atoms with Crippen LogP contribution < -0.4 is 15.6 Å². The van der Waals surface area contributed by atoms with E-state index in [1.165, 1.54) is 18.2 Å². The first-order valence-corrected chi connectivity index (χ1v) is 12.3. The molecule has 0 spiro atoms. The fraction of sp³-hybridized carbons (Fsp3) is 0.0323. The van der Waals surface area contributed by atoms with E-state index < -0.39 is 22.7 Å². The zero-order chi connectivity index (χ0) is 31.0. The van der Waals surface area contributed by atoms with Gasteiger partial charge in [0.2, 0.25) is 11.2 Å². The van der Waals surface area contributed by atoms with Gasteiger partial charge < -0.3 is 49.3 Å². The second-order valence-electron chi connectivity index (χ2n) is 9.19. The molecule has 0 radical (unpaired) electrons. The number of benzene rings is 4. The van der Waals surface area contributed by atoms with Crippen LogP contribution in [0.2, 0.25) is 0 Å². The topological polar surface area (TPSA) is 211 Å². The standard InChI is InChI=1S/C16H12O5.C15H10O7/c1-20-11-4-2-9(3-5-11)14-8-13(19)16-12(18)6-10(17)7-15(16)21-14;16-7-4-10(19)12-11(5-7)22-15(14(21)13(12)20)6-1-2-8(17)9(18)3-6/h2-8,17-18H,1H3;1-5,16-19,21H. The van der Waals surface area contributed by atoms with Gasteiger partial charge in [0.05, 0.1) is 7.11 Å². The van der Waals surface area contributed by atoms with E-state index >= 15 is 0 Å². The Morgan fingerprint density at radius 2 is 1.16 bits per heavy atom. The average Bonchev–Trinajstić information content (AvgIpc) is 2.96. The van der Waals surface area contributed by atoms with Crippen LogP contribution in [0.15, 0.2) is 91.2 Å². The summed E-state index contributed by atoms with van der Waals surface area (Å²) < 4.78 is 16.0. The molecular formula is C31H22O12. The molecule has 0 unspecified atom stereocenters. The molecule has 0 aliphatic carbocycles. The highest BCUT2D eigenvalue weighted by Crippen LogP contribution is 2.37. The van der Waals surface area contributed by atoms with E-state index in [1.807, 2.05) is 0 Å². The second kappa shape index (κ2) is 10.9. The lowest BCUT2D eigenvalue weighted by molar-refractivity contribution is 0.403. The molecular weight excluding hydrogens is 564 g/mol. The van der Waals surface area contributed by atoms with E-state index in [9.17, 15) is 45.3 Å². The van der Waals surface area contributed by atoms with Crippen LogP contribution in [0.4, 0.5) is 0 Å². The summed E-state index contributed by atoms with van der Waals surface area (Å²) in [4.78, 5) is 24.2. The van der Waals surface area contributed by atoms with E-state index in [0.717, 1.165) is 30.3 Å². The molecule has 6 aromatic rings. The summed E-state index contributed by atoms with van der Waals surface area (Å²) in [5.74, 6) is -2.15. The molecule has 0 atom stereocenters. The molecule has 0 aliphatic rings. The Bertz CT molecular complexity index is 2130. The Labute approximate surface area is 240 Å². The second-order valence-corrected chi connectivity index (χ2v) is 9.19. The van der Waals surface area contributed by atoms with Crippen molar-refractivity contribution in [3.05, 3.63) is 93.2 Å². The van der Waals surface area contributed by atoms with Crippen LogP contribution in [0.3, 0.4) is 0 Å². The zero-order valence-corrected chi connectivity index (χ0v) is 22.1. The van der Waals surface area contributed by atoms with Crippen molar-refractivity contribution in [2.75, 3.05) is 7.11 Å². The van der Waals surface area contributed by atoms with Gasteiger partial charge in [0.1, 0.15) is 56.4 Å². The van der Waals surface area contributed by atoms with Gasteiger partial charge in [-0.05, 0) is 42.5 Å². The van der Waals surface area contributed by atoms with Crippen LogP contribution in [0, 0.1) is 0 Å². The van der Waals surface area contributed by atoms with Crippen LogP contribution in [0.1, 0.15) is 0 Å². The third-order valence-electron chi connectivity index (χ3n) is 6.34. The fourth-order valence-electron chi connectivity index (χ4n) is 4.29. The van der Waals surface area contributed by atoms with Crippen LogP contribution in [0.5, 0.6) is 46.0 Å². The molecule has 4 aromatic carbocycles. The van der Waals surface area contributed by atoms with E-state index in [1.54, 1.807) is 31.4 Å². The van der Waals surface area contributed by atoms with Gasteiger partial charge in [0.15, 0.2) is 22.7 Å². The quantitative estimate of drug-likeness (QED) is 0.138. The number of phenolic OH excluding ortho intramolecular Hbond substituents is 6. The number of ether oxygens (including phenoxy) is 1. The summed E-state index contributed by atoms with van der Waals surface area (Å²) in [5, 5.41) is 66.9. The van der Waals surface area contributed by atoms with Gasteiger partial charge >= 0.3 is 0 Å². The van der Waals surface area contributed by atoms with Crippen molar-refractivity contribution in [2.45, 2.75) is 0 Å². The van der Waals surface area contributed by atoms with Crippen molar-refractivity contribution in [1.29, 1.82) is 0 Å². The largest absolute Gasteiger partial charge is 0.508 e. The minimum atomic E-state index is -0.888. The minimum Gasteiger partial charge on any atom is -0.508 e. The fourth-order valence-corrected chi connectivity index (χ4v) is 4.29. The number of rotatable bonds is 3. The smallest absolute Gasteiger partial charge is 0.238 e. The first kappa shape index (κ1) is 28.2. The van der Waals surface area contributed by atoms with Crippen LogP contribution in [-0.2, 0) is 0 Å². The Balaban J connectivity index is 0.000000171. The predicted octanol–water partition coefficient (Wildman–Crippen LogP) is 4.87. The maximum atomic E-state index is 12.1. The third kappa shape index (κ3) is 5.39. The van der Waals surface area contributed by atoms with Crippen molar-refractivity contribution in [2.24, 2.45) is 0 Å². The Morgan fingerprint density at radius 1 is 0.581 bits per heavy atom. The summed E-state index contributed by atoms with van der Waals surface area (Å²) in [7, 11) is 1.57. The summed E-state index contributed by atoms with van der Waals surface area (Å²) in [6, 6.07) is 16.4. The predicted molar refractivity (Wildman–Crippen MR) is 154 cm³/mol. The number of phenols is 6. The SMILES string of the molecule is COc1ccc(-c2cc(=O)c3c(O)cc(O)cc3o2)cc1.O=c1c(O)c(-c2ccc(O)c(O)c2)oc2cc(O)cc(O)c12. The van der Waals surface area contributed by atoms with Gasteiger partial charge in [-0.25, -0.2) is 0 Å². The van der Waals surface area contributed by atoms with Gasteiger partial charge in [-0.3, -0.25) is 9.59 Å². The molecule has 7 N–H and O–H groups in total. The molecule has 2 heterocycles. The summed E-state index contributed by atoms with van der Waals surface area (Å²) in [5.41, 5.74) is -0.443. The molecule has 0 bridgehead atoms. The first-order valence-electron chi connectivity index (χ1n) is 12.3. The molecule has 0 saturated heterocycles. The van der Waals surface area contributed by atoms with Gasteiger partial charge in [-0.15, -0.1) is 0 Å². The molecule has 218 valence electrons. The number of aromatic hydroxyl groups is 7. The summed E-state index contributed by atoms with van der Waals surface area (Å²) in [6.07, 6.45) is 0. The molecule has 2 aromatic heterocycles. The van der Waals surface area contributed by atoms with Crippen molar-refractivity contribution in [1.82, 2.24) is 0 Å². The summed E-state index contributed by atoms with van der Waals surface area (Å²) >= 11 is 0. The number of methoxy groups -OCH3 is 1. The Kier molecular flexibility index (Phi) is 7.18. The zero-order valence-electron chi connectivity index (χ0n) is 22.1.